The SMILES string of the molecule is Cc1nn(Cc2ccc(C(=O)Nc3ccc(OCC(N)=O)cc3)cc2)c(C)c1[N+](=O)[O-]. The molecule has 31 heavy (non-hydrogen) atoms. The van der Waals surface area contributed by atoms with Gasteiger partial charge in [0.2, 0.25) is 0 Å². The van der Waals surface area contributed by atoms with Crippen molar-refractivity contribution in [3.05, 3.63) is 81.2 Å². The summed E-state index contributed by atoms with van der Waals surface area (Å²) in [6, 6.07) is 13.4. The van der Waals surface area contributed by atoms with Crippen molar-refractivity contribution in [2.75, 3.05) is 11.9 Å². The molecule has 0 radical (unpaired) electrons. The number of anilines is 1. The van der Waals surface area contributed by atoms with E-state index in [-0.39, 0.29) is 18.2 Å². The smallest absolute Gasteiger partial charge is 0.312 e. The summed E-state index contributed by atoms with van der Waals surface area (Å²) in [5, 5.41) is 18.1. The van der Waals surface area contributed by atoms with Gasteiger partial charge in [0, 0.05) is 11.3 Å². The van der Waals surface area contributed by atoms with Crippen molar-refractivity contribution >= 4 is 23.2 Å². The number of rotatable bonds is 8. The van der Waals surface area contributed by atoms with Gasteiger partial charge in [-0.3, -0.25) is 24.4 Å². The summed E-state index contributed by atoms with van der Waals surface area (Å²) >= 11 is 0. The first-order valence-corrected chi connectivity index (χ1v) is 9.34. The second-order valence-electron chi connectivity index (χ2n) is 6.86. The Morgan fingerprint density at radius 1 is 1.13 bits per heavy atom. The van der Waals surface area contributed by atoms with Crippen LogP contribution < -0.4 is 15.8 Å². The van der Waals surface area contributed by atoms with Crippen LogP contribution >= 0.6 is 0 Å². The number of nitrogens with two attached hydrogens (primary N) is 1. The van der Waals surface area contributed by atoms with Crippen LogP contribution in [-0.2, 0) is 11.3 Å². The number of nitrogens with one attached hydrogen (secondary N) is 1. The van der Waals surface area contributed by atoms with Gasteiger partial charge in [0.05, 0.1) is 11.5 Å². The van der Waals surface area contributed by atoms with Crippen molar-refractivity contribution in [1.82, 2.24) is 9.78 Å². The van der Waals surface area contributed by atoms with E-state index in [1.807, 2.05) is 0 Å². The fraction of sp³-hybridized carbons (Fsp3) is 0.190. The Kier molecular flexibility index (Phi) is 6.29. The molecule has 160 valence electrons. The Labute approximate surface area is 177 Å². The molecule has 0 aliphatic rings. The van der Waals surface area contributed by atoms with Crippen LogP contribution in [0, 0.1) is 24.0 Å². The van der Waals surface area contributed by atoms with Crippen LogP contribution in [0.25, 0.3) is 0 Å². The number of primary amides is 1. The Balaban J connectivity index is 1.63. The topological polar surface area (TPSA) is 142 Å². The highest BCUT2D eigenvalue weighted by atomic mass is 16.6. The summed E-state index contributed by atoms with van der Waals surface area (Å²) in [6.07, 6.45) is 0. The van der Waals surface area contributed by atoms with Crippen LogP contribution in [0.1, 0.15) is 27.3 Å². The van der Waals surface area contributed by atoms with E-state index in [1.54, 1.807) is 67.1 Å². The average Bonchev–Trinajstić information content (AvgIpc) is 3.01. The zero-order valence-corrected chi connectivity index (χ0v) is 17.0. The van der Waals surface area contributed by atoms with Crippen molar-refractivity contribution in [3.63, 3.8) is 0 Å². The number of nitro groups is 1. The van der Waals surface area contributed by atoms with Gasteiger partial charge in [-0.05, 0) is 55.8 Å². The maximum Gasteiger partial charge on any atom is 0.312 e. The maximum absolute atomic E-state index is 12.5. The Hall–Kier alpha value is -4.21. The van der Waals surface area contributed by atoms with E-state index < -0.39 is 10.8 Å². The molecule has 0 saturated heterocycles. The highest BCUT2D eigenvalue weighted by molar-refractivity contribution is 6.04. The van der Waals surface area contributed by atoms with Gasteiger partial charge in [-0.15, -0.1) is 0 Å². The minimum Gasteiger partial charge on any atom is -0.484 e. The molecule has 0 spiro atoms. The quantitative estimate of drug-likeness (QED) is 0.421. The van der Waals surface area contributed by atoms with Gasteiger partial charge in [-0.1, -0.05) is 12.1 Å². The number of ether oxygens (including phenoxy) is 1. The summed E-state index contributed by atoms with van der Waals surface area (Å²) in [7, 11) is 0. The Morgan fingerprint density at radius 3 is 2.32 bits per heavy atom. The molecule has 10 heteroatoms. The van der Waals surface area contributed by atoms with Gasteiger partial charge >= 0.3 is 5.69 Å². The summed E-state index contributed by atoms with van der Waals surface area (Å²) in [4.78, 5) is 33.9. The van der Waals surface area contributed by atoms with Crippen LogP contribution in [0.3, 0.4) is 0 Å². The maximum atomic E-state index is 12.5. The number of hydrogen-bond acceptors (Lipinski definition) is 6. The molecule has 3 aromatic rings. The molecule has 3 N–H and O–H groups in total. The number of aromatic nitrogens is 2. The lowest BCUT2D eigenvalue weighted by molar-refractivity contribution is -0.386. The third-order valence-electron chi connectivity index (χ3n) is 4.57. The minimum atomic E-state index is -0.572. The van der Waals surface area contributed by atoms with E-state index in [1.165, 1.54) is 0 Å². The van der Waals surface area contributed by atoms with E-state index in [4.69, 9.17) is 10.5 Å². The molecule has 0 aliphatic heterocycles. The molecule has 0 aliphatic carbocycles. The van der Waals surface area contributed by atoms with E-state index in [2.05, 4.69) is 10.4 Å². The zero-order chi connectivity index (χ0) is 22.5. The number of carbonyl (C=O) groups is 2. The lowest BCUT2D eigenvalue weighted by Crippen LogP contribution is -2.20. The summed E-state index contributed by atoms with van der Waals surface area (Å²) < 4.78 is 6.75. The van der Waals surface area contributed by atoms with Crippen LogP contribution in [-0.4, -0.2) is 33.1 Å². The largest absolute Gasteiger partial charge is 0.484 e. The predicted octanol–water partition coefficient (Wildman–Crippen LogP) is 2.57. The molecule has 2 aromatic carbocycles. The molecule has 10 nitrogen and oxygen atoms in total. The zero-order valence-electron chi connectivity index (χ0n) is 17.0. The van der Waals surface area contributed by atoms with Crippen LogP contribution in [0.4, 0.5) is 11.4 Å². The molecular formula is C21H21N5O5. The Bertz CT molecular complexity index is 1120. The lowest BCUT2D eigenvalue weighted by Gasteiger charge is -2.08. The number of nitrogens with zero attached hydrogens (tertiary/aromatic N) is 3. The lowest BCUT2D eigenvalue weighted by atomic mass is 10.1. The molecule has 3 rings (SSSR count). The van der Waals surface area contributed by atoms with Crippen LogP contribution in [0.5, 0.6) is 5.75 Å². The van der Waals surface area contributed by atoms with Gasteiger partial charge in [-0.2, -0.15) is 5.10 Å². The molecule has 2 amide bonds. The number of hydrogen-bond donors (Lipinski definition) is 2. The fourth-order valence-corrected chi connectivity index (χ4v) is 3.03. The number of amides is 2. The molecular weight excluding hydrogens is 402 g/mol. The third kappa shape index (κ3) is 5.24. The summed E-state index contributed by atoms with van der Waals surface area (Å²) in [5.74, 6) is -0.401. The van der Waals surface area contributed by atoms with Crippen molar-refractivity contribution < 1.29 is 19.2 Å². The van der Waals surface area contributed by atoms with Crippen molar-refractivity contribution in [2.45, 2.75) is 20.4 Å². The summed E-state index contributed by atoms with van der Waals surface area (Å²) in [5.41, 5.74) is 7.76. The van der Waals surface area contributed by atoms with Crippen molar-refractivity contribution in [2.24, 2.45) is 5.73 Å². The van der Waals surface area contributed by atoms with E-state index >= 15 is 0 Å². The van der Waals surface area contributed by atoms with Crippen molar-refractivity contribution in [3.8, 4) is 5.75 Å². The van der Waals surface area contributed by atoms with Gasteiger partial charge in [0.15, 0.2) is 6.61 Å². The number of aryl methyl sites for hydroxylation is 1. The molecule has 0 bridgehead atoms. The highest BCUT2D eigenvalue weighted by Gasteiger charge is 2.21. The Morgan fingerprint density at radius 2 is 1.77 bits per heavy atom. The first-order valence-electron chi connectivity index (χ1n) is 9.34. The van der Waals surface area contributed by atoms with Gasteiger partial charge in [0.1, 0.15) is 17.1 Å². The standard InChI is InChI=1S/C21H21N5O5/c1-13-20(26(29)30)14(2)25(24-13)11-15-3-5-16(6-4-15)21(28)23-17-7-9-18(10-8-17)31-12-19(22)27/h3-10H,11-12H2,1-2H3,(H2,22,27)(H,23,28). The second-order valence-corrected chi connectivity index (χ2v) is 6.86. The van der Waals surface area contributed by atoms with Crippen molar-refractivity contribution in [1.29, 1.82) is 0 Å². The highest BCUT2D eigenvalue weighted by Crippen LogP contribution is 2.23. The normalized spacial score (nSPS) is 10.5. The monoisotopic (exact) mass is 423 g/mol. The average molecular weight is 423 g/mol. The number of benzene rings is 2. The summed E-state index contributed by atoms with van der Waals surface area (Å²) in [6.45, 7) is 3.40. The van der Waals surface area contributed by atoms with E-state index in [0.717, 1.165) is 5.56 Å². The van der Waals surface area contributed by atoms with E-state index in [9.17, 15) is 19.7 Å². The molecule has 0 unspecified atom stereocenters. The van der Waals surface area contributed by atoms with Gasteiger partial charge in [-0.25, -0.2) is 0 Å². The van der Waals surface area contributed by atoms with E-state index in [0.29, 0.717) is 34.9 Å². The number of carbonyl (C=O) groups excluding carboxylic acids is 2. The predicted molar refractivity (Wildman–Crippen MR) is 113 cm³/mol. The first kappa shape index (κ1) is 21.5. The second kappa shape index (κ2) is 9.08. The van der Waals surface area contributed by atoms with Crippen LogP contribution in [0.2, 0.25) is 0 Å². The fourth-order valence-electron chi connectivity index (χ4n) is 3.03. The minimum absolute atomic E-state index is 0.0158. The van der Waals surface area contributed by atoms with Gasteiger partial charge < -0.3 is 15.8 Å². The molecule has 0 fully saturated rings. The molecule has 0 atom stereocenters. The van der Waals surface area contributed by atoms with Crippen LogP contribution in [0.15, 0.2) is 48.5 Å². The molecule has 1 aromatic heterocycles. The molecule has 0 saturated carbocycles. The first-order chi connectivity index (χ1) is 14.7. The van der Waals surface area contributed by atoms with Gasteiger partial charge in [0.25, 0.3) is 11.8 Å². The molecule has 1 heterocycles. The third-order valence-corrected chi connectivity index (χ3v) is 4.57.